The average Bonchev–Trinajstić information content (AvgIpc) is 3.62. The smallest absolute Gasteiger partial charge is 0.0619 e. The quantitative estimate of drug-likeness (QED) is 0.167. The molecule has 0 saturated carbocycles. The molecule has 0 saturated heterocycles. The van der Waals surface area contributed by atoms with E-state index < -0.39 is 0 Å². The minimum atomic E-state index is 1.11. The third-order valence-electron chi connectivity index (χ3n) is 11.3. The number of fused-ring (bicyclic) bond motifs is 7. The second kappa shape index (κ2) is 13.2. The normalized spacial score (nSPS) is 11.6. The highest BCUT2D eigenvalue weighted by atomic mass is 15.1. The molecule has 0 aliphatic rings. The molecule has 0 bridgehead atoms. The summed E-state index contributed by atoms with van der Waals surface area (Å²) in [7, 11) is 0. The molecule has 56 heavy (non-hydrogen) atoms. The Labute approximate surface area is 325 Å². The average molecular weight is 713 g/mol. The molecule has 0 atom stereocenters. The van der Waals surface area contributed by atoms with Crippen molar-refractivity contribution in [3.63, 3.8) is 0 Å². The molecule has 262 valence electrons. The SMILES string of the molecule is c1ccc(N(c2ccc(-c3ccc4ccc(-n5c6ccccc6c6ccc7ccccc7c65)cc4c3)cc2)c2ccc(-c3cccc4ccccc34)cc2)cc1. The monoisotopic (exact) mass is 712 g/mol. The molecular formula is C54H36N2. The van der Waals surface area contributed by atoms with Gasteiger partial charge in [0, 0.05) is 38.9 Å². The fourth-order valence-electron chi connectivity index (χ4n) is 8.65. The molecule has 11 rings (SSSR count). The summed E-state index contributed by atoms with van der Waals surface area (Å²) in [5, 5.41) is 10.0. The molecule has 1 aromatic heterocycles. The van der Waals surface area contributed by atoms with Gasteiger partial charge in [-0.25, -0.2) is 0 Å². The summed E-state index contributed by atoms with van der Waals surface area (Å²) in [6.45, 7) is 0. The number of benzene rings is 10. The molecule has 2 heteroatoms. The van der Waals surface area contributed by atoms with Crippen LogP contribution in [0.1, 0.15) is 0 Å². The summed E-state index contributed by atoms with van der Waals surface area (Å²) in [5.74, 6) is 0. The maximum absolute atomic E-state index is 2.45. The predicted octanol–water partition coefficient (Wildman–Crippen LogP) is 15.0. The molecule has 0 N–H and O–H groups in total. The van der Waals surface area contributed by atoms with Crippen molar-refractivity contribution in [2.24, 2.45) is 0 Å². The van der Waals surface area contributed by atoms with Crippen LogP contribution in [0.4, 0.5) is 17.1 Å². The van der Waals surface area contributed by atoms with Crippen LogP contribution >= 0.6 is 0 Å². The minimum absolute atomic E-state index is 1.11. The summed E-state index contributed by atoms with van der Waals surface area (Å²) < 4.78 is 2.45. The molecule has 0 fully saturated rings. The van der Waals surface area contributed by atoms with Crippen molar-refractivity contribution in [3.05, 3.63) is 218 Å². The van der Waals surface area contributed by atoms with E-state index in [1.165, 1.54) is 76.4 Å². The molecule has 0 unspecified atom stereocenters. The van der Waals surface area contributed by atoms with Gasteiger partial charge in [0.15, 0.2) is 0 Å². The Morgan fingerprint density at radius 3 is 1.66 bits per heavy atom. The number of nitrogens with zero attached hydrogens (tertiary/aromatic N) is 2. The van der Waals surface area contributed by atoms with Crippen LogP contribution < -0.4 is 4.90 Å². The molecule has 0 radical (unpaired) electrons. The van der Waals surface area contributed by atoms with Gasteiger partial charge in [-0.2, -0.15) is 0 Å². The standard InChI is InChI=1S/C54H36N2/c1-2-14-44(15-3-1)55(46-31-26-41(27-32-46)49-19-10-13-39-11-4-6-16-48(39)49)45-29-23-37(24-30-45)42-22-21-38-25-33-47(36-43(38)35-42)56-53-20-9-8-18-51(53)52-34-28-40-12-5-7-17-50(40)54(52)56/h1-36H. The molecule has 1 heterocycles. The zero-order valence-corrected chi connectivity index (χ0v) is 30.7. The Bertz CT molecular complexity index is 3220. The number of anilines is 3. The summed E-state index contributed by atoms with van der Waals surface area (Å²) in [6.07, 6.45) is 0. The van der Waals surface area contributed by atoms with E-state index in [1.54, 1.807) is 0 Å². The van der Waals surface area contributed by atoms with Crippen molar-refractivity contribution in [1.29, 1.82) is 0 Å². The van der Waals surface area contributed by atoms with Crippen LogP contribution in [-0.2, 0) is 0 Å². The van der Waals surface area contributed by atoms with Gasteiger partial charge in [-0.05, 0) is 110 Å². The van der Waals surface area contributed by atoms with E-state index in [9.17, 15) is 0 Å². The maximum atomic E-state index is 2.45. The van der Waals surface area contributed by atoms with Crippen LogP contribution in [0.15, 0.2) is 218 Å². The molecule has 0 aliphatic carbocycles. The van der Waals surface area contributed by atoms with E-state index in [-0.39, 0.29) is 0 Å². The van der Waals surface area contributed by atoms with Crippen LogP contribution in [0.2, 0.25) is 0 Å². The fraction of sp³-hybridized carbons (Fsp3) is 0. The van der Waals surface area contributed by atoms with Gasteiger partial charge in [0.2, 0.25) is 0 Å². The third-order valence-corrected chi connectivity index (χ3v) is 11.3. The number of hydrogen-bond acceptors (Lipinski definition) is 1. The molecule has 2 nitrogen and oxygen atoms in total. The highest BCUT2D eigenvalue weighted by molar-refractivity contribution is 6.18. The second-order valence-electron chi connectivity index (χ2n) is 14.6. The van der Waals surface area contributed by atoms with E-state index >= 15 is 0 Å². The Balaban J connectivity index is 0.966. The minimum Gasteiger partial charge on any atom is -0.311 e. The summed E-state index contributed by atoms with van der Waals surface area (Å²) in [5.41, 5.74) is 11.8. The number of hydrogen-bond donors (Lipinski definition) is 0. The number of aromatic nitrogens is 1. The Hall–Kier alpha value is -7.42. The van der Waals surface area contributed by atoms with Gasteiger partial charge in [-0.15, -0.1) is 0 Å². The second-order valence-corrected chi connectivity index (χ2v) is 14.6. The fourth-order valence-corrected chi connectivity index (χ4v) is 8.65. The lowest BCUT2D eigenvalue weighted by molar-refractivity contribution is 1.19. The molecule has 0 spiro atoms. The maximum Gasteiger partial charge on any atom is 0.0619 e. The van der Waals surface area contributed by atoms with Gasteiger partial charge in [0.05, 0.1) is 11.0 Å². The first-order chi connectivity index (χ1) is 27.8. The first kappa shape index (κ1) is 32.0. The largest absolute Gasteiger partial charge is 0.311 e. The number of para-hydroxylation sites is 2. The van der Waals surface area contributed by atoms with Gasteiger partial charge >= 0.3 is 0 Å². The zero-order valence-electron chi connectivity index (χ0n) is 30.7. The van der Waals surface area contributed by atoms with Gasteiger partial charge in [-0.3, -0.25) is 0 Å². The topological polar surface area (TPSA) is 8.17 Å². The van der Waals surface area contributed by atoms with Crippen LogP contribution in [-0.4, -0.2) is 4.57 Å². The molecular weight excluding hydrogens is 677 g/mol. The first-order valence-electron chi connectivity index (χ1n) is 19.3. The van der Waals surface area contributed by atoms with E-state index in [0.29, 0.717) is 0 Å². The van der Waals surface area contributed by atoms with Crippen molar-refractivity contribution in [3.8, 4) is 27.9 Å². The van der Waals surface area contributed by atoms with Gasteiger partial charge < -0.3 is 9.47 Å². The van der Waals surface area contributed by atoms with Crippen LogP contribution in [0.25, 0.3) is 82.1 Å². The van der Waals surface area contributed by atoms with E-state index in [0.717, 1.165) is 22.7 Å². The first-order valence-corrected chi connectivity index (χ1v) is 19.3. The van der Waals surface area contributed by atoms with Crippen molar-refractivity contribution < 1.29 is 0 Å². The highest BCUT2D eigenvalue weighted by Gasteiger charge is 2.16. The predicted molar refractivity (Wildman–Crippen MR) is 239 cm³/mol. The third kappa shape index (κ3) is 5.34. The van der Waals surface area contributed by atoms with Crippen LogP contribution in [0, 0.1) is 0 Å². The van der Waals surface area contributed by atoms with Gasteiger partial charge in [0.1, 0.15) is 0 Å². The Morgan fingerprint density at radius 2 is 0.875 bits per heavy atom. The van der Waals surface area contributed by atoms with Crippen LogP contribution in [0.3, 0.4) is 0 Å². The van der Waals surface area contributed by atoms with E-state index in [2.05, 4.69) is 228 Å². The van der Waals surface area contributed by atoms with Crippen molar-refractivity contribution in [2.75, 3.05) is 4.90 Å². The summed E-state index contributed by atoms with van der Waals surface area (Å²) in [6, 6.07) is 79.4. The molecule has 0 amide bonds. The molecule has 0 aliphatic heterocycles. The zero-order chi connectivity index (χ0) is 37.0. The van der Waals surface area contributed by atoms with E-state index in [1.807, 2.05) is 0 Å². The Kier molecular flexibility index (Phi) is 7.53. The lowest BCUT2D eigenvalue weighted by atomic mass is 9.98. The van der Waals surface area contributed by atoms with Crippen LogP contribution in [0.5, 0.6) is 0 Å². The molecule has 11 aromatic rings. The van der Waals surface area contributed by atoms with Gasteiger partial charge in [-0.1, -0.05) is 158 Å². The summed E-state index contributed by atoms with van der Waals surface area (Å²) in [4.78, 5) is 2.33. The summed E-state index contributed by atoms with van der Waals surface area (Å²) >= 11 is 0. The number of rotatable bonds is 6. The van der Waals surface area contributed by atoms with Gasteiger partial charge in [0.25, 0.3) is 0 Å². The van der Waals surface area contributed by atoms with Crippen molar-refractivity contribution in [1.82, 2.24) is 4.57 Å². The lowest BCUT2D eigenvalue weighted by Crippen LogP contribution is -2.09. The highest BCUT2D eigenvalue weighted by Crippen LogP contribution is 2.40. The lowest BCUT2D eigenvalue weighted by Gasteiger charge is -2.26. The van der Waals surface area contributed by atoms with Crippen molar-refractivity contribution >= 4 is 71.2 Å². The van der Waals surface area contributed by atoms with Crippen molar-refractivity contribution in [2.45, 2.75) is 0 Å². The Morgan fingerprint density at radius 1 is 0.304 bits per heavy atom. The van der Waals surface area contributed by atoms with E-state index in [4.69, 9.17) is 0 Å². The molecule has 10 aromatic carbocycles.